The van der Waals surface area contributed by atoms with Crippen molar-refractivity contribution in [3.05, 3.63) is 51.7 Å². The predicted molar refractivity (Wildman–Crippen MR) is 106 cm³/mol. The summed E-state index contributed by atoms with van der Waals surface area (Å²) in [4.78, 5) is 32.3. The number of furan rings is 1. The van der Waals surface area contributed by atoms with E-state index in [1.807, 2.05) is 39.8 Å². The quantitative estimate of drug-likeness (QED) is 0.469. The summed E-state index contributed by atoms with van der Waals surface area (Å²) in [5.41, 5.74) is 3.15. The van der Waals surface area contributed by atoms with E-state index in [-0.39, 0.29) is 11.3 Å². The van der Waals surface area contributed by atoms with Crippen LogP contribution in [0.4, 0.5) is 0 Å². The Balaban J connectivity index is 2.19. The van der Waals surface area contributed by atoms with Gasteiger partial charge in [-0.25, -0.2) is 0 Å². The second kappa shape index (κ2) is 7.31. The monoisotopic (exact) mass is 385 g/mol. The number of nitrogens with zero attached hydrogens (tertiary/aromatic N) is 2. The Morgan fingerprint density at radius 2 is 1.86 bits per heavy atom. The zero-order chi connectivity index (χ0) is 20.7. The molecule has 1 atom stereocenters. The molecular weight excluding hydrogens is 358 g/mol. The molecule has 2 N–H and O–H groups in total. The largest absolute Gasteiger partial charge is 0.507 e. The molecule has 1 aliphatic rings. The first-order valence-corrected chi connectivity index (χ1v) is 9.29. The number of rotatable bonds is 5. The Bertz CT molecular complexity index is 964. The van der Waals surface area contributed by atoms with Gasteiger partial charge in [0.05, 0.1) is 5.57 Å². The van der Waals surface area contributed by atoms with E-state index in [9.17, 15) is 14.7 Å². The van der Waals surface area contributed by atoms with Gasteiger partial charge in [0.1, 0.15) is 23.3 Å². The highest BCUT2D eigenvalue weighted by molar-refractivity contribution is 6.46. The highest BCUT2D eigenvalue weighted by Gasteiger charge is 2.47. The van der Waals surface area contributed by atoms with Crippen LogP contribution < -0.4 is 0 Å². The van der Waals surface area contributed by atoms with Crippen molar-refractivity contribution >= 4 is 17.4 Å². The standard InChI is InChI=1S/C21H27N3O4/c1-11-7-8-15(28-11)18-17(19(25)16-12(2)13(3)22-14(16)4)20(26)21(27)24(18)10-9-23(5)6/h7-8,18,22,25H,9-10H2,1-6H3/b19-17+. The molecule has 0 aromatic carbocycles. The molecule has 28 heavy (non-hydrogen) atoms. The number of ketones is 1. The number of aryl methyl sites for hydroxylation is 3. The van der Waals surface area contributed by atoms with Crippen molar-refractivity contribution in [1.82, 2.24) is 14.8 Å². The van der Waals surface area contributed by atoms with E-state index in [0.29, 0.717) is 30.2 Å². The van der Waals surface area contributed by atoms with Crippen LogP contribution in [0.15, 0.2) is 22.1 Å². The van der Waals surface area contributed by atoms with Crippen molar-refractivity contribution in [3.63, 3.8) is 0 Å². The number of likely N-dealkylation sites (tertiary alicyclic amines) is 1. The maximum absolute atomic E-state index is 12.9. The number of Topliss-reactive ketones (excluding diaryl/α,β-unsaturated/α-hetero) is 1. The number of hydrogen-bond acceptors (Lipinski definition) is 5. The van der Waals surface area contributed by atoms with E-state index in [1.54, 1.807) is 19.1 Å². The summed E-state index contributed by atoms with van der Waals surface area (Å²) in [7, 11) is 3.80. The van der Waals surface area contributed by atoms with Gasteiger partial charge in [-0.05, 0) is 59.5 Å². The third-order valence-corrected chi connectivity index (χ3v) is 5.28. The van der Waals surface area contributed by atoms with Crippen LogP contribution in [0.25, 0.3) is 5.76 Å². The van der Waals surface area contributed by atoms with Crippen LogP contribution >= 0.6 is 0 Å². The van der Waals surface area contributed by atoms with Crippen LogP contribution in [0.1, 0.15) is 40.1 Å². The number of hydrogen-bond donors (Lipinski definition) is 2. The van der Waals surface area contributed by atoms with Crippen LogP contribution in [0.3, 0.4) is 0 Å². The topological polar surface area (TPSA) is 89.8 Å². The third-order valence-electron chi connectivity index (χ3n) is 5.28. The zero-order valence-electron chi connectivity index (χ0n) is 17.2. The summed E-state index contributed by atoms with van der Waals surface area (Å²) in [6.07, 6.45) is 0. The van der Waals surface area contributed by atoms with Gasteiger partial charge in [0, 0.05) is 30.0 Å². The lowest BCUT2D eigenvalue weighted by molar-refractivity contribution is -0.140. The molecule has 0 bridgehead atoms. The van der Waals surface area contributed by atoms with Gasteiger partial charge in [-0.3, -0.25) is 9.59 Å². The van der Waals surface area contributed by atoms with Gasteiger partial charge in [0.2, 0.25) is 0 Å². The summed E-state index contributed by atoms with van der Waals surface area (Å²) >= 11 is 0. The lowest BCUT2D eigenvalue weighted by Crippen LogP contribution is -2.35. The van der Waals surface area contributed by atoms with Crippen LogP contribution in [-0.4, -0.2) is 58.8 Å². The Morgan fingerprint density at radius 1 is 1.18 bits per heavy atom. The molecule has 150 valence electrons. The number of nitrogens with one attached hydrogen (secondary N) is 1. The van der Waals surface area contributed by atoms with E-state index in [4.69, 9.17) is 4.42 Å². The number of aromatic amines is 1. The first kappa shape index (κ1) is 19.9. The lowest BCUT2D eigenvalue weighted by Gasteiger charge is -2.24. The number of aromatic nitrogens is 1. The third kappa shape index (κ3) is 3.26. The summed E-state index contributed by atoms with van der Waals surface area (Å²) in [6.45, 7) is 8.36. The molecule has 1 unspecified atom stereocenters. The SMILES string of the molecule is Cc1ccc(C2/C(=C(\O)c3c(C)[nH]c(C)c3C)C(=O)C(=O)N2CCN(C)C)o1. The van der Waals surface area contributed by atoms with Gasteiger partial charge in [-0.2, -0.15) is 0 Å². The fourth-order valence-corrected chi connectivity index (χ4v) is 3.71. The van der Waals surface area contributed by atoms with Crippen molar-refractivity contribution in [2.75, 3.05) is 27.2 Å². The van der Waals surface area contributed by atoms with Gasteiger partial charge in [0.15, 0.2) is 0 Å². The normalized spacial score (nSPS) is 19.2. The van der Waals surface area contributed by atoms with Crippen molar-refractivity contribution in [2.45, 2.75) is 33.7 Å². The number of aliphatic hydroxyl groups is 1. The van der Waals surface area contributed by atoms with E-state index in [1.165, 1.54) is 4.90 Å². The second-order valence-electron chi connectivity index (χ2n) is 7.62. The first-order chi connectivity index (χ1) is 13.1. The lowest BCUT2D eigenvalue weighted by atomic mass is 9.97. The fraction of sp³-hybridized carbons (Fsp3) is 0.429. The minimum atomic E-state index is -0.748. The van der Waals surface area contributed by atoms with E-state index < -0.39 is 17.7 Å². The minimum Gasteiger partial charge on any atom is -0.507 e. The molecule has 1 aliphatic heterocycles. The maximum atomic E-state index is 12.9. The molecule has 7 nitrogen and oxygen atoms in total. The molecule has 2 aromatic rings. The second-order valence-corrected chi connectivity index (χ2v) is 7.62. The molecule has 0 aliphatic carbocycles. The van der Waals surface area contributed by atoms with Crippen molar-refractivity contribution in [2.24, 2.45) is 0 Å². The highest BCUT2D eigenvalue weighted by Crippen LogP contribution is 2.41. The zero-order valence-corrected chi connectivity index (χ0v) is 17.2. The molecule has 1 amide bonds. The molecule has 1 fully saturated rings. The smallest absolute Gasteiger partial charge is 0.295 e. The summed E-state index contributed by atoms with van der Waals surface area (Å²) in [5, 5.41) is 11.1. The molecule has 0 saturated carbocycles. The van der Waals surface area contributed by atoms with Crippen molar-refractivity contribution in [3.8, 4) is 0 Å². The van der Waals surface area contributed by atoms with Gasteiger partial charge in [-0.1, -0.05) is 0 Å². The summed E-state index contributed by atoms with van der Waals surface area (Å²) in [6, 6.07) is 2.80. The Kier molecular flexibility index (Phi) is 5.21. The predicted octanol–water partition coefficient (Wildman–Crippen LogP) is 2.82. The molecular formula is C21H27N3O4. The highest BCUT2D eigenvalue weighted by atomic mass is 16.3. The number of carbonyl (C=O) groups is 2. The number of aliphatic hydroxyl groups excluding tert-OH is 1. The van der Waals surface area contributed by atoms with E-state index >= 15 is 0 Å². The molecule has 2 aromatic heterocycles. The fourth-order valence-electron chi connectivity index (χ4n) is 3.71. The Hall–Kier alpha value is -2.80. The maximum Gasteiger partial charge on any atom is 0.295 e. The first-order valence-electron chi connectivity index (χ1n) is 9.29. The number of likely N-dealkylation sites (N-methyl/N-ethyl adjacent to an activating group) is 1. The van der Waals surface area contributed by atoms with Gasteiger partial charge < -0.3 is 24.3 Å². The average Bonchev–Trinajstić information content (AvgIpc) is 3.22. The van der Waals surface area contributed by atoms with E-state index in [0.717, 1.165) is 17.0 Å². The number of amides is 1. The molecule has 3 rings (SSSR count). The van der Waals surface area contributed by atoms with Crippen LogP contribution in [0, 0.1) is 27.7 Å². The Labute approximate surface area is 164 Å². The molecule has 0 spiro atoms. The van der Waals surface area contributed by atoms with Crippen LogP contribution in [0.2, 0.25) is 0 Å². The number of carbonyl (C=O) groups excluding carboxylic acids is 2. The molecule has 0 radical (unpaired) electrons. The van der Waals surface area contributed by atoms with Gasteiger partial charge in [-0.15, -0.1) is 0 Å². The summed E-state index contributed by atoms with van der Waals surface area (Å²) < 4.78 is 5.77. The summed E-state index contributed by atoms with van der Waals surface area (Å²) in [5.74, 6) is -0.320. The van der Waals surface area contributed by atoms with Crippen molar-refractivity contribution < 1.29 is 19.1 Å². The van der Waals surface area contributed by atoms with Crippen LogP contribution in [-0.2, 0) is 9.59 Å². The van der Waals surface area contributed by atoms with Crippen molar-refractivity contribution in [1.29, 1.82) is 0 Å². The number of H-pyrrole nitrogens is 1. The van der Waals surface area contributed by atoms with E-state index in [2.05, 4.69) is 4.98 Å². The van der Waals surface area contributed by atoms with Gasteiger partial charge in [0.25, 0.3) is 11.7 Å². The molecule has 3 heterocycles. The average molecular weight is 385 g/mol. The van der Waals surface area contributed by atoms with Crippen LogP contribution in [0.5, 0.6) is 0 Å². The minimum absolute atomic E-state index is 0.0725. The van der Waals surface area contributed by atoms with Gasteiger partial charge >= 0.3 is 0 Å². The Morgan fingerprint density at radius 3 is 2.36 bits per heavy atom. The molecule has 7 heteroatoms. The molecule has 1 saturated heterocycles.